The molecule has 0 spiro atoms. The highest BCUT2D eigenvalue weighted by atomic mass is 79.9. The molecule has 0 heterocycles. The molecule has 0 saturated carbocycles. The van der Waals surface area contributed by atoms with Gasteiger partial charge in [0.15, 0.2) is 12.4 Å². The SMILES string of the molecule is O=C(COC(=O)CCC(=O)c1ccc(Br)cc1)Nc1ccccc1. The normalized spacial score (nSPS) is 10.0. The second-order valence-corrected chi connectivity index (χ2v) is 5.92. The maximum absolute atomic E-state index is 11.9. The molecule has 5 nitrogen and oxygen atoms in total. The molecule has 0 fully saturated rings. The predicted octanol–water partition coefficient (Wildman–Crippen LogP) is 3.59. The van der Waals surface area contributed by atoms with E-state index in [1.54, 1.807) is 48.5 Å². The molecule has 0 atom stereocenters. The van der Waals surface area contributed by atoms with Crippen LogP contribution in [0.3, 0.4) is 0 Å². The standard InChI is InChI=1S/C18H16BrNO4/c19-14-8-6-13(7-9-14)16(21)10-11-18(23)24-12-17(22)20-15-4-2-1-3-5-15/h1-9H,10-12H2,(H,20,22). The lowest BCUT2D eigenvalue weighted by Gasteiger charge is -2.06. The van der Waals surface area contributed by atoms with Gasteiger partial charge in [0.1, 0.15) is 0 Å². The Balaban J connectivity index is 1.70. The number of hydrogen-bond donors (Lipinski definition) is 1. The van der Waals surface area contributed by atoms with E-state index in [4.69, 9.17) is 4.74 Å². The van der Waals surface area contributed by atoms with Crippen LogP contribution in [0.2, 0.25) is 0 Å². The number of Topliss-reactive ketones (excluding diaryl/α,β-unsaturated/α-hetero) is 1. The molecule has 0 bridgehead atoms. The second kappa shape index (κ2) is 8.98. The topological polar surface area (TPSA) is 72.5 Å². The van der Waals surface area contributed by atoms with Crippen molar-refractivity contribution in [1.82, 2.24) is 0 Å². The second-order valence-electron chi connectivity index (χ2n) is 5.00. The number of ether oxygens (including phenoxy) is 1. The van der Waals surface area contributed by atoms with Gasteiger partial charge in [0.2, 0.25) is 0 Å². The van der Waals surface area contributed by atoms with Crippen LogP contribution in [0.25, 0.3) is 0 Å². The van der Waals surface area contributed by atoms with Gasteiger partial charge in [-0.2, -0.15) is 0 Å². The van der Waals surface area contributed by atoms with Crippen LogP contribution in [-0.2, 0) is 14.3 Å². The molecular weight excluding hydrogens is 374 g/mol. The number of amides is 1. The van der Waals surface area contributed by atoms with Crippen LogP contribution < -0.4 is 5.32 Å². The summed E-state index contributed by atoms with van der Waals surface area (Å²) in [5.74, 6) is -1.15. The molecule has 0 aromatic heterocycles. The summed E-state index contributed by atoms with van der Waals surface area (Å²) in [4.78, 5) is 35.2. The summed E-state index contributed by atoms with van der Waals surface area (Å²) in [6.45, 7) is -0.375. The Morgan fingerprint density at radius 2 is 1.58 bits per heavy atom. The van der Waals surface area contributed by atoms with E-state index < -0.39 is 11.9 Å². The van der Waals surface area contributed by atoms with Crippen LogP contribution in [0, 0.1) is 0 Å². The van der Waals surface area contributed by atoms with Crippen molar-refractivity contribution in [3.8, 4) is 0 Å². The van der Waals surface area contributed by atoms with Gasteiger partial charge in [0, 0.05) is 22.1 Å². The minimum atomic E-state index is -0.580. The summed E-state index contributed by atoms with van der Waals surface area (Å²) < 4.78 is 5.75. The Bertz CT molecular complexity index is 714. The van der Waals surface area contributed by atoms with Crippen molar-refractivity contribution in [3.63, 3.8) is 0 Å². The van der Waals surface area contributed by atoms with Crippen molar-refractivity contribution >= 4 is 39.3 Å². The van der Waals surface area contributed by atoms with Crippen LogP contribution in [0.15, 0.2) is 59.1 Å². The van der Waals surface area contributed by atoms with Crippen molar-refractivity contribution < 1.29 is 19.1 Å². The number of halogens is 1. The van der Waals surface area contributed by atoms with Crippen molar-refractivity contribution in [1.29, 1.82) is 0 Å². The molecule has 1 amide bonds. The Morgan fingerprint density at radius 3 is 2.25 bits per heavy atom. The Hall–Kier alpha value is -2.47. The van der Waals surface area contributed by atoms with E-state index in [1.807, 2.05) is 6.07 Å². The zero-order valence-corrected chi connectivity index (χ0v) is 14.4. The van der Waals surface area contributed by atoms with Gasteiger partial charge in [-0.25, -0.2) is 0 Å². The van der Waals surface area contributed by atoms with Crippen LogP contribution >= 0.6 is 15.9 Å². The first-order valence-electron chi connectivity index (χ1n) is 7.34. The van der Waals surface area contributed by atoms with Gasteiger partial charge in [-0.15, -0.1) is 0 Å². The van der Waals surface area contributed by atoms with E-state index in [0.29, 0.717) is 11.3 Å². The van der Waals surface area contributed by atoms with E-state index in [0.717, 1.165) is 4.47 Å². The molecule has 24 heavy (non-hydrogen) atoms. The first-order chi connectivity index (χ1) is 11.5. The van der Waals surface area contributed by atoms with Crippen molar-refractivity contribution in [2.45, 2.75) is 12.8 Å². The largest absolute Gasteiger partial charge is 0.456 e. The average molecular weight is 390 g/mol. The van der Waals surface area contributed by atoms with Crippen molar-refractivity contribution in [3.05, 3.63) is 64.6 Å². The van der Waals surface area contributed by atoms with Crippen LogP contribution in [0.5, 0.6) is 0 Å². The van der Waals surface area contributed by atoms with Gasteiger partial charge in [0.05, 0.1) is 6.42 Å². The Labute approximate surface area is 148 Å². The molecule has 0 unspecified atom stereocenters. The third kappa shape index (κ3) is 5.96. The highest BCUT2D eigenvalue weighted by Crippen LogP contribution is 2.13. The zero-order valence-electron chi connectivity index (χ0n) is 12.8. The fourth-order valence-electron chi connectivity index (χ4n) is 1.93. The van der Waals surface area contributed by atoms with Gasteiger partial charge in [-0.05, 0) is 24.3 Å². The number of nitrogens with one attached hydrogen (secondary N) is 1. The zero-order chi connectivity index (χ0) is 17.4. The van der Waals surface area contributed by atoms with Crippen molar-refractivity contribution in [2.75, 3.05) is 11.9 Å². The first-order valence-corrected chi connectivity index (χ1v) is 8.13. The molecule has 2 rings (SSSR count). The predicted molar refractivity (Wildman–Crippen MR) is 93.7 cm³/mol. The molecule has 2 aromatic carbocycles. The van der Waals surface area contributed by atoms with Crippen LogP contribution in [0.1, 0.15) is 23.2 Å². The molecule has 6 heteroatoms. The molecule has 124 valence electrons. The highest BCUT2D eigenvalue weighted by Gasteiger charge is 2.12. The molecule has 1 N–H and O–H groups in total. The van der Waals surface area contributed by atoms with E-state index in [9.17, 15) is 14.4 Å². The molecule has 0 aliphatic heterocycles. The van der Waals surface area contributed by atoms with Gasteiger partial charge in [-0.1, -0.05) is 46.3 Å². The van der Waals surface area contributed by atoms with E-state index in [-0.39, 0.29) is 25.2 Å². The van der Waals surface area contributed by atoms with Gasteiger partial charge in [-0.3, -0.25) is 14.4 Å². The summed E-state index contributed by atoms with van der Waals surface area (Å²) in [7, 11) is 0. The lowest BCUT2D eigenvalue weighted by Crippen LogP contribution is -2.21. The van der Waals surface area contributed by atoms with Crippen LogP contribution in [0.4, 0.5) is 5.69 Å². The molecule has 0 aliphatic carbocycles. The molecule has 0 aliphatic rings. The van der Waals surface area contributed by atoms with Crippen LogP contribution in [-0.4, -0.2) is 24.3 Å². The smallest absolute Gasteiger partial charge is 0.306 e. The summed E-state index contributed by atoms with van der Waals surface area (Å²) in [6, 6.07) is 15.8. The quantitative estimate of drug-likeness (QED) is 0.579. The lowest BCUT2D eigenvalue weighted by atomic mass is 10.1. The number of anilines is 1. The van der Waals surface area contributed by atoms with E-state index in [1.165, 1.54) is 0 Å². The van der Waals surface area contributed by atoms with E-state index in [2.05, 4.69) is 21.2 Å². The minimum absolute atomic E-state index is 0.0424. The number of carbonyl (C=O) groups is 3. The van der Waals surface area contributed by atoms with E-state index >= 15 is 0 Å². The maximum atomic E-state index is 11.9. The van der Waals surface area contributed by atoms with Gasteiger partial charge < -0.3 is 10.1 Å². The number of carbonyl (C=O) groups excluding carboxylic acids is 3. The Morgan fingerprint density at radius 1 is 0.917 bits per heavy atom. The number of rotatable bonds is 7. The number of para-hydroxylation sites is 1. The number of hydrogen-bond acceptors (Lipinski definition) is 4. The van der Waals surface area contributed by atoms with Crippen molar-refractivity contribution in [2.24, 2.45) is 0 Å². The number of esters is 1. The van der Waals surface area contributed by atoms with Gasteiger partial charge in [0.25, 0.3) is 5.91 Å². The summed E-state index contributed by atoms with van der Waals surface area (Å²) in [5.41, 5.74) is 1.16. The lowest BCUT2D eigenvalue weighted by molar-refractivity contribution is -0.147. The highest BCUT2D eigenvalue weighted by molar-refractivity contribution is 9.10. The molecule has 0 radical (unpaired) electrons. The summed E-state index contributed by atoms with van der Waals surface area (Å²) >= 11 is 3.29. The third-order valence-corrected chi connectivity index (χ3v) is 3.67. The first kappa shape index (κ1) is 17.9. The Kier molecular flexibility index (Phi) is 6.69. The monoisotopic (exact) mass is 389 g/mol. The molecular formula is C18H16BrNO4. The fraction of sp³-hybridized carbons (Fsp3) is 0.167. The number of benzene rings is 2. The number of ketones is 1. The minimum Gasteiger partial charge on any atom is -0.456 e. The third-order valence-electron chi connectivity index (χ3n) is 3.14. The average Bonchev–Trinajstić information content (AvgIpc) is 2.59. The summed E-state index contributed by atoms with van der Waals surface area (Å²) in [5, 5.41) is 2.61. The summed E-state index contributed by atoms with van der Waals surface area (Å²) in [6.07, 6.45) is -0.0196. The fourth-order valence-corrected chi connectivity index (χ4v) is 2.20. The maximum Gasteiger partial charge on any atom is 0.306 e. The van der Waals surface area contributed by atoms with Gasteiger partial charge >= 0.3 is 5.97 Å². The molecule has 2 aromatic rings. The molecule has 0 saturated heterocycles.